The molecule has 1 aliphatic rings. The van der Waals surface area contributed by atoms with Gasteiger partial charge >= 0.3 is 12.0 Å². The molecule has 0 aliphatic carbocycles. The average Bonchev–Trinajstić information content (AvgIpc) is 2.40. The molecule has 3 N–H and O–H groups in total. The lowest BCUT2D eigenvalue weighted by Gasteiger charge is -2.34. The predicted molar refractivity (Wildman–Crippen MR) is 78.4 cm³/mol. The van der Waals surface area contributed by atoms with Crippen molar-refractivity contribution in [2.24, 2.45) is 0 Å². The first-order chi connectivity index (χ1) is 9.97. The van der Waals surface area contributed by atoms with Crippen molar-refractivity contribution in [3.63, 3.8) is 0 Å². The van der Waals surface area contributed by atoms with Gasteiger partial charge in [0.2, 0.25) is 0 Å². The molecule has 1 aliphatic heterocycles. The summed E-state index contributed by atoms with van der Waals surface area (Å²) in [4.78, 5) is 22.6. The molecule has 114 valence electrons. The molecule has 1 aromatic rings. The van der Waals surface area contributed by atoms with E-state index in [1.165, 1.54) is 0 Å². The monoisotopic (exact) mass is 292 g/mol. The molecule has 1 fully saturated rings. The molecule has 6 heteroatoms. The highest BCUT2D eigenvalue weighted by atomic mass is 16.5. The first kappa shape index (κ1) is 15.3. The van der Waals surface area contributed by atoms with Crippen LogP contribution in [0.5, 0.6) is 0 Å². The van der Waals surface area contributed by atoms with E-state index in [1.54, 1.807) is 24.3 Å². The van der Waals surface area contributed by atoms with Gasteiger partial charge < -0.3 is 20.5 Å². The molecule has 0 bridgehead atoms. The van der Waals surface area contributed by atoms with Crippen LogP contribution in [0, 0.1) is 0 Å². The lowest BCUT2D eigenvalue weighted by Crippen LogP contribution is -2.52. The molecule has 2 rings (SSSR count). The van der Waals surface area contributed by atoms with E-state index in [2.05, 4.69) is 10.6 Å². The van der Waals surface area contributed by atoms with Crippen LogP contribution in [0.4, 0.5) is 10.5 Å². The van der Waals surface area contributed by atoms with Gasteiger partial charge in [-0.1, -0.05) is 12.1 Å². The first-order valence-electron chi connectivity index (χ1n) is 6.94. The molecule has 2 amide bonds. The van der Waals surface area contributed by atoms with Crippen molar-refractivity contribution in [2.45, 2.75) is 31.7 Å². The molecule has 0 aromatic heterocycles. The molecule has 0 radical (unpaired) electrons. The number of hydrogen-bond donors (Lipinski definition) is 3. The Morgan fingerprint density at radius 3 is 2.62 bits per heavy atom. The number of nitrogens with one attached hydrogen (secondary N) is 2. The van der Waals surface area contributed by atoms with Crippen molar-refractivity contribution in [1.82, 2.24) is 5.32 Å². The maximum Gasteiger partial charge on any atom is 0.319 e. The molecule has 1 atom stereocenters. The topological polar surface area (TPSA) is 87.7 Å². The number of carboxylic acid groups (broad SMARTS) is 1. The predicted octanol–water partition coefficient (Wildman–Crippen LogP) is 2.00. The lowest BCUT2D eigenvalue weighted by molar-refractivity contribution is -0.136. The van der Waals surface area contributed by atoms with Crippen LogP contribution >= 0.6 is 0 Å². The van der Waals surface area contributed by atoms with Crippen LogP contribution in [0.1, 0.15) is 25.3 Å². The Hall–Kier alpha value is -2.08. The third-order valence-corrected chi connectivity index (χ3v) is 3.42. The Balaban J connectivity index is 1.88. The standard InChI is InChI=1S/C15H20N2O4/c1-15(7-2-8-21-10-15)17-14(20)16-12-5-3-11(4-6-12)9-13(18)19/h3-6H,2,7-10H2,1H3,(H,18,19)(H2,16,17,20). The van der Waals surface area contributed by atoms with Gasteiger partial charge in [0.15, 0.2) is 0 Å². The van der Waals surface area contributed by atoms with E-state index >= 15 is 0 Å². The summed E-state index contributed by atoms with van der Waals surface area (Å²) in [6, 6.07) is 6.48. The van der Waals surface area contributed by atoms with Gasteiger partial charge in [0.1, 0.15) is 0 Å². The molecule has 0 saturated carbocycles. The van der Waals surface area contributed by atoms with Crippen LogP contribution in [0.2, 0.25) is 0 Å². The van der Waals surface area contributed by atoms with Gasteiger partial charge in [-0.15, -0.1) is 0 Å². The van der Waals surface area contributed by atoms with Crippen molar-refractivity contribution in [1.29, 1.82) is 0 Å². The molecule has 1 saturated heterocycles. The van der Waals surface area contributed by atoms with E-state index in [9.17, 15) is 9.59 Å². The maximum atomic E-state index is 12.0. The van der Waals surface area contributed by atoms with E-state index in [1.807, 2.05) is 6.92 Å². The number of aliphatic carboxylic acids is 1. The van der Waals surface area contributed by atoms with E-state index in [0.29, 0.717) is 17.9 Å². The second-order valence-corrected chi connectivity index (χ2v) is 5.56. The number of hydrogen-bond acceptors (Lipinski definition) is 3. The number of carbonyl (C=O) groups is 2. The number of benzene rings is 1. The van der Waals surface area contributed by atoms with Crippen LogP contribution in [0.3, 0.4) is 0 Å². The zero-order valence-corrected chi connectivity index (χ0v) is 12.0. The van der Waals surface area contributed by atoms with Crippen molar-refractivity contribution >= 4 is 17.7 Å². The van der Waals surface area contributed by atoms with E-state index in [-0.39, 0.29) is 18.0 Å². The molecular weight excluding hydrogens is 272 g/mol. The molecule has 1 heterocycles. The number of anilines is 1. The van der Waals surface area contributed by atoms with Crippen LogP contribution in [-0.4, -0.2) is 35.9 Å². The molecule has 21 heavy (non-hydrogen) atoms. The smallest absolute Gasteiger partial charge is 0.319 e. The van der Waals surface area contributed by atoms with Crippen LogP contribution < -0.4 is 10.6 Å². The highest BCUT2D eigenvalue weighted by Gasteiger charge is 2.29. The summed E-state index contributed by atoms with van der Waals surface area (Å²) in [5.41, 5.74) is 0.981. The number of urea groups is 1. The number of ether oxygens (including phenoxy) is 1. The van der Waals surface area contributed by atoms with Crippen LogP contribution in [-0.2, 0) is 16.0 Å². The summed E-state index contributed by atoms with van der Waals surface area (Å²) >= 11 is 0. The van der Waals surface area contributed by atoms with Gasteiger partial charge in [0.25, 0.3) is 0 Å². The Morgan fingerprint density at radius 2 is 2.05 bits per heavy atom. The highest BCUT2D eigenvalue weighted by Crippen LogP contribution is 2.18. The molecule has 6 nitrogen and oxygen atoms in total. The number of amides is 2. The third kappa shape index (κ3) is 4.75. The fourth-order valence-electron chi connectivity index (χ4n) is 2.35. The summed E-state index contributed by atoms with van der Waals surface area (Å²) < 4.78 is 5.39. The normalized spacial score (nSPS) is 21.6. The van der Waals surface area contributed by atoms with Gasteiger partial charge in [-0.25, -0.2) is 4.79 Å². The van der Waals surface area contributed by atoms with Gasteiger partial charge in [0.05, 0.1) is 18.6 Å². The zero-order valence-electron chi connectivity index (χ0n) is 12.0. The Labute approximate surface area is 123 Å². The zero-order chi connectivity index (χ0) is 15.3. The summed E-state index contributed by atoms with van der Waals surface area (Å²) in [6.07, 6.45) is 1.79. The van der Waals surface area contributed by atoms with Crippen molar-refractivity contribution in [3.8, 4) is 0 Å². The average molecular weight is 292 g/mol. The molecule has 1 unspecified atom stereocenters. The fourth-order valence-corrected chi connectivity index (χ4v) is 2.35. The van der Waals surface area contributed by atoms with E-state index in [0.717, 1.165) is 19.4 Å². The summed E-state index contributed by atoms with van der Waals surface area (Å²) in [7, 11) is 0. The van der Waals surface area contributed by atoms with Crippen LogP contribution in [0.15, 0.2) is 24.3 Å². The van der Waals surface area contributed by atoms with Crippen molar-refractivity contribution in [3.05, 3.63) is 29.8 Å². The largest absolute Gasteiger partial charge is 0.481 e. The Bertz CT molecular complexity index is 507. The number of carbonyl (C=O) groups excluding carboxylic acids is 1. The summed E-state index contributed by atoms with van der Waals surface area (Å²) in [6.45, 7) is 3.21. The molecule has 1 aromatic carbocycles. The second kappa shape index (κ2) is 6.58. The Morgan fingerprint density at radius 1 is 1.33 bits per heavy atom. The van der Waals surface area contributed by atoms with Crippen molar-refractivity contribution < 1.29 is 19.4 Å². The number of carboxylic acids is 1. The second-order valence-electron chi connectivity index (χ2n) is 5.56. The van der Waals surface area contributed by atoms with Gasteiger partial charge in [-0.2, -0.15) is 0 Å². The molecule has 0 spiro atoms. The van der Waals surface area contributed by atoms with Gasteiger partial charge in [-0.3, -0.25) is 4.79 Å². The molecular formula is C15H20N2O4. The maximum absolute atomic E-state index is 12.0. The minimum absolute atomic E-state index is 0.0259. The van der Waals surface area contributed by atoms with E-state index in [4.69, 9.17) is 9.84 Å². The van der Waals surface area contributed by atoms with Crippen LogP contribution in [0.25, 0.3) is 0 Å². The number of rotatable bonds is 4. The van der Waals surface area contributed by atoms with Gasteiger partial charge in [0, 0.05) is 12.3 Å². The first-order valence-corrected chi connectivity index (χ1v) is 6.94. The Kier molecular flexibility index (Phi) is 4.80. The van der Waals surface area contributed by atoms with E-state index < -0.39 is 5.97 Å². The minimum Gasteiger partial charge on any atom is -0.481 e. The quantitative estimate of drug-likeness (QED) is 0.792. The summed E-state index contributed by atoms with van der Waals surface area (Å²) in [5.74, 6) is -0.876. The third-order valence-electron chi connectivity index (χ3n) is 3.42. The highest BCUT2D eigenvalue weighted by molar-refractivity contribution is 5.89. The SMILES string of the molecule is CC1(NC(=O)Nc2ccc(CC(=O)O)cc2)CCCOC1. The summed E-state index contributed by atoms with van der Waals surface area (Å²) in [5, 5.41) is 14.4. The lowest BCUT2D eigenvalue weighted by atomic mass is 9.95. The minimum atomic E-state index is -0.876. The van der Waals surface area contributed by atoms with Gasteiger partial charge in [-0.05, 0) is 37.5 Å². The fraction of sp³-hybridized carbons (Fsp3) is 0.467. The van der Waals surface area contributed by atoms with Crippen molar-refractivity contribution in [2.75, 3.05) is 18.5 Å².